The molecule has 0 heterocycles. The van der Waals surface area contributed by atoms with E-state index in [9.17, 15) is 4.79 Å². The number of amides is 1. The molecule has 140 valence electrons. The molecule has 0 aromatic heterocycles. The van der Waals surface area contributed by atoms with E-state index in [0.29, 0.717) is 17.4 Å². The molecule has 0 aliphatic rings. The van der Waals surface area contributed by atoms with Gasteiger partial charge in [0.05, 0.1) is 6.61 Å². The zero-order chi connectivity index (χ0) is 18.9. The third-order valence-corrected chi connectivity index (χ3v) is 4.04. The number of hydrogen-bond donors (Lipinski definition) is 1. The highest BCUT2D eigenvalue weighted by Crippen LogP contribution is 2.22. The van der Waals surface area contributed by atoms with Crippen LogP contribution in [0.4, 0.5) is 4.79 Å². The summed E-state index contributed by atoms with van der Waals surface area (Å²) in [6.07, 6.45) is 0.421. The minimum absolute atomic E-state index is 0.158. The summed E-state index contributed by atoms with van der Waals surface area (Å²) in [5.74, 6) is 1.33. The van der Waals surface area contributed by atoms with E-state index in [4.69, 9.17) is 21.1 Å². The lowest BCUT2D eigenvalue weighted by atomic mass is 10.0. The highest BCUT2D eigenvalue weighted by Gasteiger charge is 2.12. The summed E-state index contributed by atoms with van der Waals surface area (Å²) in [5.41, 5.74) is 1.12. The average molecular weight is 377 g/mol. The lowest BCUT2D eigenvalue weighted by Crippen LogP contribution is -2.25. The normalized spacial score (nSPS) is 11.7. The van der Waals surface area contributed by atoms with Gasteiger partial charge in [-0.25, -0.2) is 4.79 Å². The van der Waals surface area contributed by atoms with E-state index in [1.807, 2.05) is 36.4 Å². The smallest absolute Gasteiger partial charge is 0.414 e. The lowest BCUT2D eigenvalue weighted by molar-refractivity contribution is 0.172. The van der Waals surface area contributed by atoms with Gasteiger partial charge in [-0.15, -0.1) is 0 Å². The van der Waals surface area contributed by atoms with Gasteiger partial charge in [-0.3, -0.25) is 0 Å². The summed E-state index contributed by atoms with van der Waals surface area (Å²) < 4.78 is 11.0. The van der Waals surface area contributed by atoms with Gasteiger partial charge in [0.2, 0.25) is 0 Å². The van der Waals surface area contributed by atoms with Gasteiger partial charge in [0, 0.05) is 31.6 Å². The number of halogens is 1. The zero-order valence-corrected chi connectivity index (χ0v) is 16.1. The second-order valence-corrected chi connectivity index (χ2v) is 6.47. The first-order chi connectivity index (χ1) is 12.5. The molecule has 2 aromatic carbocycles. The van der Waals surface area contributed by atoms with Crippen molar-refractivity contribution in [1.29, 1.82) is 0 Å². The van der Waals surface area contributed by atoms with Gasteiger partial charge >= 0.3 is 6.09 Å². The van der Waals surface area contributed by atoms with Crippen molar-refractivity contribution in [2.45, 2.75) is 19.4 Å². The van der Waals surface area contributed by atoms with Crippen molar-refractivity contribution >= 4 is 17.7 Å². The van der Waals surface area contributed by atoms with Crippen LogP contribution in [-0.4, -0.2) is 38.2 Å². The standard InChI is InChI=1S/C20H25ClN2O3/c1-4-22-19(13-14-25-17-11-7-16(21)8-12-17)15-5-9-18(10-6-15)26-20(24)23(2)3/h5-12,19,22H,4,13-14H2,1-3H3. The topological polar surface area (TPSA) is 50.8 Å². The number of rotatable bonds is 8. The fraction of sp³-hybridized carbons (Fsp3) is 0.350. The fourth-order valence-corrected chi connectivity index (χ4v) is 2.54. The molecule has 26 heavy (non-hydrogen) atoms. The molecule has 1 N–H and O–H groups in total. The monoisotopic (exact) mass is 376 g/mol. The summed E-state index contributed by atoms with van der Waals surface area (Å²) in [7, 11) is 3.30. The van der Waals surface area contributed by atoms with Gasteiger partial charge < -0.3 is 19.7 Å². The Hall–Kier alpha value is -2.24. The first-order valence-corrected chi connectivity index (χ1v) is 8.98. The Morgan fingerprint density at radius 1 is 1.08 bits per heavy atom. The van der Waals surface area contributed by atoms with Crippen molar-refractivity contribution in [2.24, 2.45) is 0 Å². The van der Waals surface area contributed by atoms with Crippen LogP contribution in [0.5, 0.6) is 11.5 Å². The molecule has 0 fully saturated rings. The van der Waals surface area contributed by atoms with E-state index < -0.39 is 6.09 Å². The molecule has 0 saturated carbocycles. The molecule has 0 spiro atoms. The first kappa shape index (κ1) is 20.1. The number of ether oxygens (including phenoxy) is 2. The molecule has 1 atom stereocenters. The van der Waals surface area contributed by atoms with E-state index in [2.05, 4.69) is 12.2 Å². The second kappa shape index (κ2) is 10.0. The van der Waals surface area contributed by atoms with E-state index in [1.165, 1.54) is 4.90 Å². The molecule has 0 aliphatic heterocycles. The van der Waals surface area contributed by atoms with Gasteiger partial charge in [-0.2, -0.15) is 0 Å². The molecule has 2 aromatic rings. The highest BCUT2D eigenvalue weighted by atomic mass is 35.5. The Balaban J connectivity index is 1.93. The Bertz CT molecular complexity index is 687. The maximum atomic E-state index is 11.6. The predicted molar refractivity (Wildman–Crippen MR) is 104 cm³/mol. The van der Waals surface area contributed by atoms with Crippen LogP contribution >= 0.6 is 11.6 Å². The summed E-state index contributed by atoms with van der Waals surface area (Å²) in [6, 6.07) is 15.0. The van der Waals surface area contributed by atoms with Crippen molar-refractivity contribution in [1.82, 2.24) is 10.2 Å². The number of benzene rings is 2. The van der Waals surface area contributed by atoms with Crippen LogP contribution < -0.4 is 14.8 Å². The summed E-state index contributed by atoms with van der Waals surface area (Å²) >= 11 is 5.88. The van der Waals surface area contributed by atoms with Crippen LogP contribution in [0.3, 0.4) is 0 Å². The second-order valence-electron chi connectivity index (χ2n) is 6.03. The van der Waals surface area contributed by atoms with Crippen LogP contribution in [0.1, 0.15) is 24.9 Å². The molecule has 1 amide bonds. The Morgan fingerprint density at radius 3 is 2.27 bits per heavy atom. The van der Waals surface area contributed by atoms with Crippen LogP contribution in [-0.2, 0) is 0 Å². The summed E-state index contributed by atoms with van der Waals surface area (Å²) in [6.45, 7) is 3.50. The van der Waals surface area contributed by atoms with Crippen LogP contribution in [0.2, 0.25) is 5.02 Å². The molecule has 5 nitrogen and oxygen atoms in total. The van der Waals surface area contributed by atoms with Gasteiger partial charge in [0.25, 0.3) is 0 Å². The minimum Gasteiger partial charge on any atom is -0.494 e. The predicted octanol–water partition coefficient (Wildman–Crippen LogP) is 4.52. The average Bonchev–Trinajstić information content (AvgIpc) is 2.63. The van der Waals surface area contributed by atoms with Gasteiger partial charge in [-0.1, -0.05) is 30.7 Å². The largest absolute Gasteiger partial charge is 0.494 e. The third-order valence-electron chi connectivity index (χ3n) is 3.79. The van der Waals surface area contributed by atoms with Crippen molar-refractivity contribution in [2.75, 3.05) is 27.2 Å². The van der Waals surface area contributed by atoms with Crippen LogP contribution in [0.25, 0.3) is 0 Å². The maximum absolute atomic E-state index is 11.6. The third kappa shape index (κ3) is 6.24. The van der Waals surface area contributed by atoms with E-state index in [-0.39, 0.29) is 6.04 Å². The van der Waals surface area contributed by atoms with E-state index in [0.717, 1.165) is 24.3 Å². The summed E-state index contributed by atoms with van der Waals surface area (Å²) in [4.78, 5) is 13.0. The van der Waals surface area contributed by atoms with Gasteiger partial charge in [0.15, 0.2) is 0 Å². The minimum atomic E-state index is -0.391. The van der Waals surface area contributed by atoms with Crippen molar-refractivity contribution < 1.29 is 14.3 Å². The highest BCUT2D eigenvalue weighted by molar-refractivity contribution is 6.30. The van der Waals surface area contributed by atoms with E-state index in [1.54, 1.807) is 26.2 Å². The Morgan fingerprint density at radius 2 is 1.69 bits per heavy atom. The molecular formula is C20H25ClN2O3. The molecule has 0 bridgehead atoms. The maximum Gasteiger partial charge on any atom is 0.414 e. The molecule has 0 radical (unpaired) electrons. The van der Waals surface area contributed by atoms with Crippen molar-refractivity contribution in [3.63, 3.8) is 0 Å². The number of carbonyl (C=O) groups excluding carboxylic acids is 1. The molecular weight excluding hydrogens is 352 g/mol. The number of nitrogens with zero attached hydrogens (tertiary/aromatic N) is 1. The van der Waals surface area contributed by atoms with Crippen molar-refractivity contribution in [3.05, 3.63) is 59.1 Å². The first-order valence-electron chi connectivity index (χ1n) is 8.60. The lowest BCUT2D eigenvalue weighted by Gasteiger charge is -2.19. The van der Waals surface area contributed by atoms with E-state index >= 15 is 0 Å². The van der Waals surface area contributed by atoms with Gasteiger partial charge in [-0.05, 0) is 48.5 Å². The Kier molecular flexibility index (Phi) is 7.75. The summed E-state index contributed by atoms with van der Waals surface area (Å²) in [5, 5.41) is 4.15. The molecule has 6 heteroatoms. The molecule has 0 aliphatic carbocycles. The SMILES string of the molecule is CCNC(CCOc1ccc(Cl)cc1)c1ccc(OC(=O)N(C)C)cc1. The van der Waals surface area contributed by atoms with Crippen LogP contribution in [0.15, 0.2) is 48.5 Å². The number of carbonyl (C=O) groups is 1. The van der Waals surface area contributed by atoms with Crippen molar-refractivity contribution in [3.8, 4) is 11.5 Å². The quantitative estimate of drug-likeness (QED) is 0.735. The van der Waals surface area contributed by atoms with Crippen LogP contribution in [0, 0.1) is 0 Å². The van der Waals surface area contributed by atoms with Gasteiger partial charge in [0.1, 0.15) is 11.5 Å². The number of hydrogen-bond acceptors (Lipinski definition) is 4. The Labute approximate surface area is 159 Å². The zero-order valence-electron chi connectivity index (χ0n) is 15.4. The molecule has 1 unspecified atom stereocenters. The fourth-order valence-electron chi connectivity index (χ4n) is 2.42. The molecule has 2 rings (SSSR count). The number of nitrogens with one attached hydrogen (secondary N) is 1. The molecule has 0 saturated heterocycles.